The van der Waals surface area contributed by atoms with Crippen molar-refractivity contribution in [2.45, 2.75) is 44.4 Å². The highest BCUT2D eigenvalue weighted by atomic mass is 35.5. The lowest BCUT2D eigenvalue weighted by Crippen LogP contribution is -2.41. The van der Waals surface area contributed by atoms with Crippen LogP contribution in [0.3, 0.4) is 0 Å². The van der Waals surface area contributed by atoms with Crippen molar-refractivity contribution in [3.05, 3.63) is 112 Å². The van der Waals surface area contributed by atoms with Gasteiger partial charge in [0.1, 0.15) is 16.8 Å². The van der Waals surface area contributed by atoms with Gasteiger partial charge in [-0.3, -0.25) is 0 Å². The van der Waals surface area contributed by atoms with Gasteiger partial charge in [0.05, 0.1) is 5.69 Å². The minimum absolute atomic E-state index is 0.0777. The molecular weight excluding hydrogens is 489 g/mol. The predicted molar refractivity (Wildman–Crippen MR) is 146 cm³/mol. The van der Waals surface area contributed by atoms with Gasteiger partial charge >= 0.3 is 0 Å². The third-order valence-corrected chi connectivity index (χ3v) is 7.20. The predicted octanol–water partition coefficient (Wildman–Crippen LogP) is 7.40. The first-order valence-electron chi connectivity index (χ1n) is 12.3. The van der Waals surface area contributed by atoms with Gasteiger partial charge in [0.2, 0.25) is 5.28 Å². The van der Waals surface area contributed by atoms with Crippen LogP contribution in [0, 0.1) is 12.8 Å². The summed E-state index contributed by atoms with van der Waals surface area (Å²) in [5, 5.41) is 4.14. The second-order valence-electron chi connectivity index (χ2n) is 9.81. The number of anilines is 1. The summed E-state index contributed by atoms with van der Waals surface area (Å²) in [4.78, 5) is 18.4. The molecule has 36 heavy (non-hydrogen) atoms. The Kier molecular flexibility index (Phi) is 7.22. The van der Waals surface area contributed by atoms with Crippen molar-refractivity contribution in [2.75, 3.05) is 11.9 Å². The van der Waals surface area contributed by atoms with Crippen LogP contribution >= 0.6 is 23.2 Å². The first-order valence-corrected chi connectivity index (χ1v) is 13.1. The Morgan fingerprint density at radius 2 is 1.28 bits per heavy atom. The lowest BCUT2D eigenvalue weighted by molar-refractivity contribution is 0.219. The van der Waals surface area contributed by atoms with Gasteiger partial charge in [0, 0.05) is 42.0 Å². The number of halogens is 2. The van der Waals surface area contributed by atoms with Crippen LogP contribution in [0.2, 0.25) is 10.4 Å². The quantitative estimate of drug-likeness (QED) is 0.204. The first-order chi connectivity index (χ1) is 17.4. The number of nitrogens with one attached hydrogen (secondary N) is 1. The third-order valence-electron chi connectivity index (χ3n) is 6.84. The van der Waals surface area contributed by atoms with Crippen molar-refractivity contribution in [3.8, 4) is 0 Å². The monoisotopic (exact) mass is 517 g/mol. The van der Waals surface area contributed by atoms with E-state index in [0.29, 0.717) is 16.9 Å². The molecule has 1 aliphatic carbocycles. The van der Waals surface area contributed by atoms with Crippen LogP contribution in [-0.2, 0) is 0 Å². The molecular formula is C29H29Cl2N5. The smallest absolute Gasteiger partial charge is 0.224 e. The van der Waals surface area contributed by atoms with Crippen LogP contribution in [0.15, 0.2) is 72.8 Å². The molecule has 1 fully saturated rings. The Hall–Kier alpha value is -3.02. The zero-order valence-electron chi connectivity index (χ0n) is 20.6. The molecule has 1 N–H and O–H groups in total. The normalized spacial score (nSPS) is 21.3. The van der Waals surface area contributed by atoms with Gasteiger partial charge in [-0.2, -0.15) is 0 Å². The summed E-state index contributed by atoms with van der Waals surface area (Å²) in [5.74, 6) is 2.34. The number of hydrogen-bond acceptors (Lipinski definition) is 5. The number of aromatic nitrogens is 4. The van der Waals surface area contributed by atoms with E-state index < -0.39 is 0 Å². The second kappa shape index (κ2) is 10.5. The molecule has 184 valence electrons. The molecule has 0 saturated heterocycles. The van der Waals surface area contributed by atoms with E-state index in [2.05, 4.69) is 83.7 Å². The molecule has 2 atom stereocenters. The Morgan fingerprint density at radius 3 is 1.81 bits per heavy atom. The second-order valence-corrected chi connectivity index (χ2v) is 10.5. The van der Waals surface area contributed by atoms with E-state index in [9.17, 15) is 0 Å². The molecule has 2 aromatic heterocycles. The van der Waals surface area contributed by atoms with Crippen molar-refractivity contribution in [2.24, 2.45) is 5.92 Å². The maximum absolute atomic E-state index is 6.47. The minimum Gasteiger partial charge on any atom is -0.370 e. The molecule has 2 aromatic carbocycles. The lowest BCUT2D eigenvalue weighted by atomic mass is 9.50. The molecule has 0 aliphatic heterocycles. The van der Waals surface area contributed by atoms with E-state index >= 15 is 0 Å². The van der Waals surface area contributed by atoms with Gasteiger partial charge in [-0.25, -0.2) is 19.9 Å². The van der Waals surface area contributed by atoms with Crippen molar-refractivity contribution >= 4 is 29.0 Å². The molecule has 4 aromatic rings. The maximum atomic E-state index is 6.47. The van der Waals surface area contributed by atoms with Gasteiger partial charge in [0.25, 0.3) is 0 Å². The molecule has 5 nitrogen and oxygen atoms in total. The SMILES string of the molecule is Cc1nc(Cl)cc(C2[C@@H](c3ccccc3)C(c3cc(NCC(C)C)nc(Cl)n3)[C@@H]2c2ccccc2)n1. The molecule has 0 radical (unpaired) electrons. The molecule has 0 bridgehead atoms. The topological polar surface area (TPSA) is 63.6 Å². The zero-order chi connectivity index (χ0) is 25.2. The van der Waals surface area contributed by atoms with Gasteiger partial charge in [-0.15, -0.1) is 0 Å². The van der Waals surface area contributed by atoms with Crippen molar-refractivity contribution in [1.29, 1.82) is 0 Å². The fourth-order valence-electron chi connectivity index (χ4n) is 5.39. The highest BCUT2D eigenvalue weighted by molar-refractivity contribution is 6.29. The standard InChI is InChI=1S/C29H29Cl2N5/c1-17(2)16-32-24-15-22(35-29(31)36-24)28-25(19-10-6-4-7-11-19)27(21-14-23(30)34-18(3)33-21)26(28)20-12-8-5-9-13-20/h4-15,17,25-28H,16H2,1-3H3,(H,32,35,36)/t25-,26-,27?,28?/m1/s1. The van der Waals surface area contributed by atoms with Crippen molar-refractivity contribution in [1.82, 2.24) is 19.9 Å². The Labute approximate surface area is 222 Å². The summed E-state index contributed by atoms with van der Waals surface area (Å²) in [7, 11) is 0. The summed E-state index contributed by atoms with van der Waals surface area (Å²) >= 11 is 12.9. The molecule has 5 rings (SSSR count). The van der Waals surface area contributed by atoms with Crippen molar-refractivity contribution in [3.63, 3.8) is 0 Å². The van der Waals surface area contributed by atoms with E-state index in [0.717, 1.165) is 23.8 Å². The van der Waals surface area contributed by atoms with E-state index in [1.165, 1.54) is 11.1 Å². The van der Waals surface area contributed by atoms with E-state index in [1.54, 1.807) is 0 Å². The van der Waals surface area contributed by atoms with E-state index in [4.69, 9.17) is 33.2 Å². The van der Waals surface area contributed by atoms with E-state index in [1.807, 2.05) is 25.1 Å². The van der Waals surface area contributed by atoms with Crippen LogP contribution in [0.4, 0.5) is 5.82 Å². The molecule has 7 heteroatoms. The van der Waals surface area contributed by atoms with Crippen molar-refractivity contribution < 1.29 is 0 Å². The van der Waals surface area contributed by atoms with Gasteiger partial charge < -0.3 is 5.32 Å². The third kappa shape index (κ3) is 5.09. The highest BCUT2D eigenvalue weighted by Gasteiger charge is 2.54. The summed E-state index contributed by atoms with van der Waals surface area (Å²) in [6, 6.07) is 25.1. The number of hydrogen-bond donors (Lipinski definition) is 1. The molecule has 0 spiro atoms. The average Bonchev–Trinajstić information content (AvgIpc) is 2.83. The van der Waals surface area contributed by atoms with Crippen LogP contribution < -0.4 is 5.32 Å². The molecule has 1 aliphatic rings. The molecule has 0 amide bonds. The highest BCUT2D eigenvalue weighted by Crippen LogP contribution is 2.66. The number of nitrogens with zero attached hydrogens (tertiary/aromatic N) is 4. The number of benzene rings is 2. The average molecular weight is 518 g/mol. The van der Waals surface area contributed by atoms with Crippen LogP contribution in [0.25, 0.3) is 0 Å². The van der Waals surface area contributed by atoms with Crippen LogP contribution in [0.1, 0.15) is 65.9 Å². The lowest BCUT2D eigenvalue weighted by Gasteiger charge is -2.52. The largest absolute Gasteiger partial charge is 0.370 e. The summed E-state index contributed by atoms with van der Waals surface area (Å²) in [6.07, 6.45) is 0. The summed E-state index contributed by atoms with van der Waals surface area (Å²) in [6.45, 7) is 7.03. The Balaban J connectivity index is 1.66. The Morgan fingerprint density at radius 1 is 0.722 bits per heavy atom. The Bertz CT molecular complexity index is 1260. The van der Waals surface area contributed by atoms with Crippen LogP contribution in [0.5, 0.6) is 0 Å². The fourth-order valence-corrected chi connectivity index (χ4v) is 5.82. The summed E-state index contributed by atoms with van der Waals surface area (Å²) < 4.78 is 0. The minimum atomic E-state index is 0.0777. The summed E-state index contributed by atoms with van der Waals surface area (Å²) in [5.41, 5.74) is 4.35. The fraction of sp³-hybridized carbons (Fsp3) is 0.310. The number of aryl methyl sites for hydroxylation is 1. The molecule has 1 saturated carbocycles. The maximum Gasteiger partial charge on any atom is 0.224 e. The van der Waals surface area contributed by atoms with Crippen LogP contribution in [-0.4, -0.2) is 26.5 Å². The molecule has 0 unspecified atom stereocenters. The van der Waals surface area contributed by atoms with E-state index in [-0.39, 0.29) is 29.0 Å². The van der Waals surface area contributed by atoms with Gasteiger partial charge in [-0.05, 0) is 41.6 Å². The zero-order valence-corrected chi connectivity index (χ0v) is 22.1. The molecule has 2 heterocycles. The van der Waals surface area contributed by atoms with Gasteiger partial charge in [-0.1, -0.05) is 86.1 Å². The van der Waals surface area contributed by atoms with Gasteiger partial charge in [0.15, 0.2) is 0 Å². The number of rotatable bonds is 7. The first kappa shape index (κ1) is 24.7.